The summed E-state index contributed by atoms with van der Waals surface area (Å²) in [7, 11) is 1.68. The number of ether oxygens (including phenoxy) is 1. The van der Waals surface area contributed by atoms with E-state index in [1.807, 2.05) is 12.1 Å². The summed E-state index contributed by atoms with van der Waals surface area (Å²) in [5, 5.41) is 0. The average Bonchev–Trinajstić information content (AvgIpc) is 2.54. The third-order valence-corrected chi connectivity index (χ3v) is 5.09. The molecule has 23 heavy (non-hydrogen) atoms. The second-order valence-electron chi connectivity index (χ2n) is 7.55. The van der Waals surface area contributed by atoms with E-state index in [1.165, 1.54) is 24.8 Å². The first-order chi connectivity index (χ1) is 11.0. The van der Waals surface area contributed by atoms with E-state index in [2.05, 4.69) is 19.9 Å². The Morgan fingerprint density at radius 1 is 1.26 bits per heavy atom. The third kappa shape index (κ3) is 3.65. The molecule has 0 aromatic heterocycles. The summed E-state index contributed by atoms with van der Waals surface area (Å²) >= 11 is 0. The van der Waals surface area contributed by atoms with Gasteiger partial charge in [0.15, 0.2) is 0 Å². The van der Waals surface area contributed by atoms with Crippen LogP contribution in [0.25, 0.3) is 0 Å². The van der Waals surface area contributed by atoms with Gasteiger partial charge in [-0.15, -0.1) is 0 Å². The van der Waals surface area contributed by atoms with Crippen molar-refractivity contribution in [1.29, 1.82) is 0 Å². The SMILES string of the molecule is COc1ccc2c(c1)C(CC(=O)C1CCCCC1)=NC(C)(C)C2. The lowest BCUT2D eigenvalue weighted by Crippen LogP contribution is -2.31. The van der Waals surface area contributed by atoms with Crippen LogP contribution in [0.2, 0.25) is 0 Å². The molecule has 0 saturated heterocycles. The third-order valence-electron chi connectivity index (χ3n) is 5.09. The molecule has 1 aliphatic heterocycles. The monoisotopic (exact) mass is 313 g/mol. The van der Waals surface area contributed by atoms with Crippen LogP contribution >= 0.6 is 0 Å². The smallest absolute Gasteiger partial charge is 0.141 e. The zero-order chi connectivity index (χ0) is 16.4. The number of aliphatic imine (C=N–C) groups is 1. The highest BCUT2D eigenvalue weighted by atomic mass is 16.5. The van der Waals surface area contributed by atoms with Crippen LogP contribution in [0.5, 0.6) is 5.75 Å². The van der Waals surface area contributed by atoms with Crippen LogP contribution in [0.15, 0.2) is 23.2 Å². The number of benzene rings is 1. The lowest BCUT2D eigenvalue weighted by Gasteiger charge is -2.30. The summed E-state index contributed by atoms with van der Waals surface area (Å²) < 4.78 is 5.36. The molecule has 1 aliphatic carbocycles. The standard InChI is InChI=1S/C20H27NO2/c1-20(2)13-15-9-10-16(23-3)11-17(15)18(21-20)12-19(22)14-7-5-4-6-8-14/h9-11,14H,4-8,12-13H2,1-3H3. The first kappa shape index (κ1) is 16.2. The van der Waals surface area contributed by atoms with E-state index in [4.69, 9.17) is 9.73 Å². The number of carbonyl (C=O) groups is 1. The summed E-state index contributed by atoms with van der Waals surface area (Å²) in [6.45, 7) is 4.29. The first-order valence-corrected chi connectivity index (χ1v) is 8.77. The molecule has 0 spiro atoms. The lowest BCUT2D eigenvalue weighted by atomic mass is 9.81. The minimum absolute atomic E-state index is 0.135. The van der Waals surface area contributed by atoms with Gasteiger partial charge in [0.2, 0.25) is 0 Å². The molecule has 1 aromatic rings. The molecule has 3 heteroatoms. The van der Waals surface area contributed by atoms with Gasteiger partial charge in [0.1, 0.15) is 11.5 Å². The molecule has 0 N–H and O–H groups in total. The number of Topliss-reactive ketones (excluding diaryl/α,β-unsaturated/α-hetero) is 1. The lowest BCUT2D eigenvalue weighted by molar-refractivity contribution is -0.122. The van der Waals surface area contributed by atoms with Gasteiger partial charge in [-0.2, -0.15) is 0 Å². The highest BCUT2D eigenvalue weighted by Crippen LogP contribution is 2.32. The predicted molar refractivity (Wildman–Crippen MR) is 93.5 cm³/mol. The Balaban J connectivity index is 1.87. The maximum Gasteiger partial charge on any atom is 0.141 e. The van der Waals surface area contributed by atoms with Gasteiger partial charge in [-0.05, 0) is 50.8 Å². The van der Waals surface area contributed by atoms with Crippen molar-refractivity contribution < 1.29 is 9.53 Å². The zero-order valence-electron chi connectivity index (χ0n) is 14.5. The van der Waals surface area contributed by atoms with E-state index in [1.54, 1.807) is 7.11 Å². The molecule has 3 nitrogen and oxygen atoms in total. The van der Waals surface area contributed by atoms with Crippen molar-refractivity contribution in [2.45, 2.75) is 64.3 Å². The van der Waals surface area contributed by atoms with Gasteiger partial charge < -0.3 is 4.74 Å². The normalized spacial score (nSPS) is 20.6. The molecule has 0 amide bonds. The molecule has 1 aromatic carbocycles. The van der Waals surface area contributed by atoms with E-state index >= 15 is 0 Å². The topological polar surface area (TPSA) is 38.7 Å². The van der Waals surface area contributed by atoms with E-state index < -0.39 is 0 Å². The van der Waals surface area contributed by atoms with Crippen LogP contribution < -0.4 is 4.74 Å². The molecule has 0 radical (unpaired) electrons. The Morgan fingerprint density at radius 3 is 2.70 bits per heavy atom. The van der Waals surface area contributed by atoms with E-state index in [9.17, 15) is 4.79 Å². The van der Waals surface area contributed by atoms with Crippen LogP contribution in [-0.2, 0) is 11.2 Å². The fourth-order valence-electron chi connectivity index (χ4n) is 3.91. The maximum atomic E-state index is 12.7. The second kappa shape index (κ2) is 6.46. The number of ketones is 1. The Morgan fingerprint density at radius 2 is 2.00 bits per heavy atom. The van der Waals surface area contributed by atoms with Crippen LogP contribution in [-0.4, -0.2) is 24.1 Å². The first-order valence-electron chi connectivity index (χ1n) is 8.77. The molecule has 1 heterocycles. The van der Waals surface area contributed by atoms with Gasteiger partial charge >= 0.3 is 0 Å². The molecule has 2 aliphatic rings. The molecule has 0 unspecified atom stereocenters. The molecular weight excluding hydrogens is 286 g/mol. The van der Waals surface area contributed by atoms with Crippen molar-refractivity contribution >= 4 is 11.5 Å². The largest absolute Gasteiger partial charge is 0.497 e. The molecule has 124 valence electrons. The molecule has 0 atom stereocenters. The fourth-order valence-corrected chi connectivity index (χ4v) is 3.91. The van der Waals surface area contributed by atoms with Gasteiger partial charge in [0.25, 0.3) is 0 Å². The van der Waals surface area contributed by atoms with Gasteiger partial charge in [0, 0.05) is 17.9 Å². The van der Waals surface area contributed by atoms with Gasteiger partial charge in [-0.1, -0.05) is 25.3 Å². The molecule has 1 fully saturated rings. The van der Waals surface area contributed by atoms with Crippen LogP contribution in [0.3, 0.4) is 0 Å². The van der Waals surface area contributed by atoms with Crippen LogP contribution in [0.4, 0.5) is 0 Å². The minimum atomic E-state index is -0.135. The number of hydrogen-bond acceptors (Lipinski definition) is 3. The van der Waals surface area contributed by atoms with E-state index in [-0.39, 0.29) is 11.5 Å². The highest BCUT2D eigenvalue weighted by molar-refractivity contribution is 6.13. The number of nitrogens with zero attached hydrogens (tertiary/aromatic N) is 1. The fraction of sp³-hybridized carbons (Fsp3) is 0.600. The van der Waals surface area contributed by atoms with Crippen molar-refractivity contribution in [3.63, 3.8) is 0 Å². The van der Waals surface area contributed by atoms with Crippen molar-refractivity contribution in [3.05, 3.63) is 29.3 Å². The van der Waals surface area contributed by atoms with Gasteiger partial charge in [-0.25, -0.2) is 0 Å². The van der Waals surface area contributed by atoms with Crippen LogP contribution in [0.1, 0.15) is 63.5 Å². The molecule has 3 rings (SSSR count). The van der Waals surface area contributed by atoms with E-state index in [0.29, 0.717) is 12.2 Å². The maximum absolute atomic E-state index is 12.7. The Kier molecular flexibility index (Phi) is 4.56. The van der Waals surface area contributed by atoms with Gasteiger partial charge in [-0.3, -0.25) is 9.79 Å². The van der Waals surface area contributed by atoms with Crippen molar-refractivity contribution in [1.82, 2.24) is 0 Å². The van der Waals surface area contributed by atoms with Crippen molar-refractivity contribution in [2.75, 3.05) is 7.11 Å². The zero-order valence-corrected chi connectivity index (χ0v) is 14.5. The molecule has 1 saturated carbocycles. The van der Waals surface area contributed by atoms with E-state index in [0.717, 1.165) is 36.3 Å². The molecule has 0 bridgehead atoms. The number of rotatable bonds is 4. The average molecular weight is 313 g/mol. The van der Waals surface area contributed by atoms with Crippen molar-refractivity contribution in [2.24, 2.45) is 10.9 Å². The Bertz CT molecular complexity index is 625. The predicted octanol–water partition coefficient (Wildman–Crippen LogP) is 4.36. The Labute approximate surface area is 139 Å². The summed E-state index contributed by atoms with van der Waals surface area (Å²) in [5.74, 6) is 1.45. The second-order valence-corrected chi connectivity index (χ2v) is 7.55. The Hall–Kier alpha value is -1.64. The molecular formula is C20H27NO2. The number of carbonyl (C=O) groups excluding carboxylic acids is 1. The number of hydrogen-bond donors (Lipinski definition) is 0. The minimum Gasteiger partial charge on any atom is -0.497 e. The highest BCUT2D eigenvalue weighted by Gasteiger charge is 2.30. The number of methoxy groups -OCH3 is 1. The van der Waals surface area contributed by atoms with Crippen LogP contribution in [0, 0.1) is 5.92 Å². The summed E-state index contributed by atoms with van der Waals surface area (Å²) in [5.41, 5.74) is 3.19. The quantitative estimate of drug-likeness (QED) is 0.828. The van der Waals surface area contributed by atoms with Crippen molar-refractivity contribution in [3.8, 4) is 5.75 Å². The summed E-state index contributed by atoms with van der Waals surface area (Å²) in [4.78, 5) is 17.6. The summed E-state index contributed by atoms with van der Waals surface area (Å²) in [6, 6.07) is 6.16. The summed E-state index contributed by atoms with van der Waals surface area (Å²) in [6.07, 6.45) is 7.15. The van der Waals surface area contributed by atoms with Gasteiger partial charge in [0.05, 0.1) is 18.4 Å². The number of fused-ring (bicyclic) bond motifs is 1.